The number of carbonyl (C=O) groups is 1. The molecule has 1 aromatic heterocycles. The van der Waals surface area contributed by atoms with Crippen LogP contribution >= 0.6 is 11.6 Å². The summed E-state index contributed by atoms with van der Waals surface area (Å²) in [5, 5.41) is 7.53. The van der Waals surface area contributed by atoms with Gasteiger partial charge in [-0.1, -0.05) is 11.6 Å². The molecule has 0 aliphatic heterocycles. The topological polar surface area (TPSA) is 65.2 Å². The summed E-state index contributed by atoms with van der Waals surface area (Å²) in [5.74, 6) is -1.17. The molecule has 0 unspecified atom stereocenters. The summed E-state index contributed by atoms with van der Waals surface area (Å²) in [4.78, 5) is 11.3. The first-order valence-electron chi connectivity index (χ1n) is 5.53. The Morgan fingerprint density at radius 1 is 1.42 bits per heavy atom. The molecule has 100 valence electrons. The Balaban J connectivity index is 2.13. The highest BCUT2D eigenvalue weighted by molar-refractivity contribution is 6.30. The van der Waals surface area contributed by atoms with Gasteiger partial charge in [0.1, 0.15) is 5.82 Å². The van der Waals surface area contributed by atoms with Crippen molar-refractivity contribution >= 4 is 17.6 Å². The van der Waals surface area contributed by atoms with Gasteiger partial charge in [0.15, 0.2) is 0 Å². The van der Waals surface area contributed by atoms with E-state index in [9.17, 15) is 9.18 Å². The normalized spacial score (nSPS) is 10.5. The molecule has 2 aromatic rings. The Hall–Kier alpha value is -1.95. The second-order valence-corrected chi connectivity index (χ2v) is 4.11. The fourth-order valence-electron chi connectivity index (χ4n) is 1.49. The third kappa shape index (κ3) is 3.51. The number of hydrogen-bond donors (Lipinski definition) is 0. The minimum absolute atomic E-state index is 0.184. The predicted octanol–water partition coefficient (Wildman–Crippen LogP) is 2.63. The van der Waals surface area contributed by atoms with Gasteiger partial charge in [-0.05, 0) is 30.7 Å². The van der Waals surface area contributed by atoms with Crippen LogP contribution in [-0.4, -0.2) is 22.8 Å². The third-order valence-electron chi connectivity index (χ3n) is 2.19. The number of nitrogens with zero attached hydrogens (tertiary/aromatic N) is 2. The van der Waals surface area contributed by atoms with Crippen molar-refractivity contribution in [1.82, 2.24) is 10.2 Å². The number of ether oxygens (including phenoxy) is 1. The summed E-state index contributed by atoms with van der Waals surface area (Å²) < 4.78 is 23.0. The Kier molecular flexibility index (Phi) is 4.11. The molecule has 5 nitrogen and oxygen atoms in total. The van der Waals surface area contributed by atoms with E-state index in [1.165, 1.54) is 12.1 Å². The van der Waals surface area contributed by atoms with Crippen LogP contribution in [0, 0.1) is 5.82 Å². The highest BCUT2D eigenvalue weighted by atomic mass is 35.5. The number of carbonyl (C=O) groups excluding carboxylic acids is 1. The zero-order valence-electron chi connectivity index (χ0n) is 10.0. The van der Waals surface area contributed by atoms with E-state index >= 15 is 0 Å². The summed E-state index contributed by atoms with van der Waals surface area (Å²) in [6.45, 7) is 1.89. The molecule has 0 spiro atoms. The van der Waals surface area contributed by atoms with Crippen LogP contribution in [0.3, 0.4) is 0 Å². The lowest BCUT2D eigenvalue weighted by Crippen LogP contribution is -2.04. The Bertz CT molecular complexity index is 580. The maximum Gasteiger partial charge on any atom is 0.396 e. The Morgan fingerprint density at radius 3 is 2.89 bits per heavy atom. The van der Waals surface area contributed by atoms with Crippen LogP contribution in [0.2, 0.25) is 5.02 Å². The smallest absolute Gasteiger partial charge is 0.396 e. The first-order chi connectivity index (χ1) is 9.08. The van der Waals surface area contributed by atoms with Crippen LogP contribution in [0.4, 0.5) is 4.39 Å². The van der Waals surface area contributed by atoms with E-state index in [1.807, 2.05) is 0 Å². The van der Waals surface area contributed by atoms with Crippen molar-refractivity contribution in [2.75, 3.05) is 6.61 Å². The molecule has 0 N–H and O–H groups in total. The second kappa shape index (κ2) is 5.79. The Morgan fingerprint density at radius 2 is 2.21 bits per heavy atom. The maximum absolute atomic E-state index is 13.1. The average Bonchev–Trinajstić information content (AvgIpc) is 2.76. The zero-order valence-corrected chi connectivity index (χ0v) is 10.8. The molecule has 2 rings (SSSR count). The molecule has 0 saturated carbocycles. The predicted molar refractivity (Wildman–Crippen MR) is 64.5 cm³/mol. The number of aromatic nitrogens is 2. The molecule has 0 aliphatic rings. The van der Waals surface area contributed by atoms with Gasteiger partial charge in [0, 0.05) is 5.02 Å². The van der Waals surface area contributed by atoms with Gasteiger partial charge in [0.2, 0.25) is 5.89 Å². The van der Waals surface area contributed by atoms with Crippen molar-refractivity contribution in [1.29, 1.82) is 0 Å². The molecular weight excluding hydrogens is 275 g/mol. The van der Waals surface area contributed by atoms with Crippen molar-refractivity contribution in [2.45, 2.75) is 13.3 Å². The largest absolute Gasteiger partial charge is 0.459 e. The Labute approximate surface area is 113 Å². The van der Waals surface area contributed by atoms with Gasteiger partial charge in [-0.3, -0.25) is 0 Å². The molecule has 0 saturated heterocycles. The van der Waals surface area contributed by atoms with Crippen LogP contribution < -0.4 is 0 Å². The SMILES string of the molecule is CCOC(=O)c1nnc(Cc2cc(F)cc(Cl)c2)o1. The number of halogens is 2. The van der Waals surface area contributed by atoms with E-state index in [2.05, 4.69) is 10.2 Å². The van der Waals surface area contributed by atoms with Gasteiger partial charge in [-0.25, -0.2) is 9.18 Å². The summed E-state index contributed by atoms with van der Waals surface area (Å²) >= 11 is 5.73. The fourth-order valence-corrected chi connectivity index (χ4v) is 1.73. The van der Waals surface area contributed by atoms with Crippen LogP contribution in [0.15, 0.2) is 22.6 Å². The minimum atomic E-state index is -0.682. The molecule has 0 amide bonds. The summed E-state index contributed by atoms with van der Waals surface area (Å²) in [6.07, 6.45) is 0.184. The molecule has 0 radical (unpaired) electrons. The first-order valence-corrected chi connectivity index (χ1v) is 5.90. The number of esters is 1. The van der Waals surface area contributed by atoms with E-state index in [1.54, 1.807) is 13.0 Å². The van der Waals surface area contributed by atoms with Gasteiger partial charge in [0.05, 0.1) is 13.0 Å². The number of rotatable bonds is 4. The molecule has 0 aliphatic carbocycles. The highest BCUT2D eigenvalue weighted by Crippen LogP contribution is 2.17. The van der Waals surface area contributed by atoms with Gasteiger partial charge < -0.3 is 9.15 Å². The summed E-state index contributed by atoms with van der Waals surface area (Å²) in [6, 6.07) is 4.09. The molecule has 1 heterocycles. The van der Waals surface area contributed by atoms with Crippen molar-refractivity contribution in [3.8, 4) is 0 Å². The van der Waals surface area contributed by atoms with E-state index in [0.29, 0.717) is 5.56 Å². The molecule has 0 atom stereocenters. The first kappa shape index (κ1) is 13.5. The monoisotopic (exact) mass is 284 g/mol. The van der Waals surface area contributed by atoms with Crippen molar-refractivity contribution in [2.24, 2.45) is 0 Å². The van der Waals surface area contributed by atoms with E-state index < -0.39 is 11.8 Å². The lowest BCUT2D eigenvalue weighted by molar-refractivity contribution is 0.0479. The second-order valence-electron chi connectivity index (χ2n) is 3.68. The third-order valence-corrected chi connectivity index (χ3v) is 2.41. The quantitative estimate of drug-likeness (QED) is 0.808. The molecule has 0 fully saturated rings. The van der Waals surface area contributed by atoms with Crippen LogP contribution in [0.25, 0.3) is 0 Å². The molecule has 1 aromatic carbocycles. The highest BCUT2D eigenvalue weighted by Gasteiger charge is 2.16. The molecule has 19 heavy (non-hydrogen) atoms. The van der Waals surface area contributed by atoms with E-state index in [-0.39, 0.29) is 29.8 Å². The van der Waals surface area contributed by atoms with E-state index in [0.717, 1.165) is 0 Å². The van der Waals surface area contributed by atoms with Crippen LogP contribution in [0.5, 0.6) is 0 Å². The zero-order chi connectivity index (χ0) is 13.8. The van der Waals surface area contributed by atoms with Gasteiger partial charge >= 0.3 is 11.9 Å². The molecule has 0 bridgehead atoms. The fraction of sp³-hybridized carbons (Fsp3) is 0.250. The lowest BCUT2D eigenvalue weighted by Gasteiger charge is -1.99. The number of hydrogen-bond acceptors (Lipinski definition) is 5. The minimum Gasteiger partial charge on any atom is -0.459 e. The van der Waals surface area contributed by atoms with Crippen LogP contribution in [-0.2, 0) is 11.2 Å². The maximum atomic E-state index is 13.1. The summed E-state index contributed by atoms with van der Waals surface area (Å²) in [5.41, 5.74) is 0.573. The van der Waals surface area contributed by atoms with Crippen molar-refractivity contribution in [3.63, 3.8) is 0 Å². The van der Waals surface area contributed by atoms with E-state index in [4.69, 9.17) is 20.8 Å². The van der Waals surface area contributed by atoms with Gasteiger partial charge in [-0.15, -0.1) is 10.2 Å². The van der Waals surface area contributed by atoms with Crippen LogP contribution in [0.1, 0.15) is 29.1 Å². The molecule has 7 heteroatoms. The van der Waals surface area contributed by atoms with Crippen molar-refractivity contribution in [3.05, 3.63) is 46.4 Å². The number of benzene rings is 1. The standard InChI is InChI=1S/C12H10ClFN2O3/c1-2-18-12(17)11-16-15-10(19-11)5-7-3-8(13)6-9(14)4-7/h3-4,6H,2,5H2,1H3. The summed E-state index contributed by atoms with van der Waals surface area (Å²) in [7, 11) is 0. The van der Waals surface area contributed by atoms with Gasteiger partial charge in [-0.2, -0.15) is 0 Å². The van der Waals surface area contributed by atoms with Gasteiger partial charge in [0.25, 0.3) is 0 Å². The van der Waals surface area contributed by atoms with Crippen molar-refractivity contribution < 1.29 is 18.3 Å². The average molecular weight is 285 g/mol. The lowest BCUT2D eigenvalue weighted by atomic mass is 10.1. The molecular formula is C12H10ClFN2O3.